The Balaban J connectivity index is 2.39. The molecule has 0 radical (unpaired) electrons. The summed E-state index contributed by atoms with van der Waals surface area (Å²) >= 11 is 0. The number of alkyl halides is 1. The molecule has 0 aromatic heterocycles. The highest BCUT2D eigenvalue weighted by Gasteiger charge is 2.28. The maximum Gasteiger partial charge on any atom is 0.303 e. The van der Waals surface area contributed by atoms with Crippen LogP contribution in [0.2, 0.25) is 0 Å². The highest BCUT2D eigenvalue weighted by Crippen LogP contribution is 2.22. The topological polar surface area (TPSA) is 40.5 Å². The molecule has 0 aliphatic carbocycles. The van der Waals surface area contributed by atoms with Crippen molar-refractivity contribution < 1.29 is 14.3 Å². The monoisotopic (exact) mass is 175 g/mol. The van der Waals surface area contributed by atoms with Crippen LogP contribution in [0, 0.1) is 5.92 Å². The fourth-order valence-electron chi connectivity index (χ4n) is 1.56. The molecule has 1 aliphatic heterocycles. The van der Waals surface area contributed by atoms with Crippen LogP contribution >= 0.6 is 0 Å². The Hall–Kier alpha value is -0.640. The van der Waals surface area contributed by atoms with Gasteiger partial charge < -0.3 is 10.0 Å². The summed E-state index contributed by atoms with van der Waals surface area (Å²) in [5, 5.41) is 8.47. The van der Waals surface area contributed by atoms with Crippen LogP contribution in [0.25, 0.3) is 0 Å². The Labute approximate surface area is 71.2 Å². The summed E-state index contributed by atoms with van der Waals surface area (Å²) in [6, 6.07) is 0. The Morgan fingerprint density at radius 2 is 2.42 bits per heavy atom. The van der Waals surface area contributed by atoms with Crippen LogP contribution in [0.3, 0.4) is 0 Å². The van der Waals surface area contributed by atoms with E-state index in [1.165, 1.54) is 0 Å². The van der Waals surface area contributed by atoms with Crippen molar-refractivity contribution in [3.8, 4) is 0 Å². The smallest absolute Gasteiger partial charge is 0.303 e. The van der Waals surface area contributed by atoms with Gasteiger partial charge in [-0.25, -0.2) is 4.39 Å². The lowest BCUT2D eigenvalue weighted by Crippen LogP contribution is -2.40. The van der Waals surface area contributed by atoms with Crippen LogP contribution in [-0.4, -0.2) is 42.3 Å². The summed E-state index contributed by atoms with van der Waals surface area (Å²) in [4.78, 5) is 12.2. The van der Waals surface area contributed by atoms with Gasteiger partial charge in [0.1, 0.15) is 6.17 Å². The number of aliphatic carboxylic acids is 1. The zero-order valence-corrected chi connectivity index (χ0v) is 7.16. The van der Waals surface area contributed by atoms with Crippen LogP contribution in [0.15, 0.2) is 0 Å². The molecule has 1 heterocycles. The van der Waals surface area contributed by atoms with Gasteiger partial charge in [0.15, 0.2) is 0 Å². The van der Waals surface area contributed by atoms with Gasteiger partial charge in [0, 0.05) is 12.5 Å². The number of carbonyl (C=O) groups is 1. The molecule has 1 rings (SSSR count). The molecule has 0 aromatic rings. The normalized spacial score (nSPS) is 31.8. The predicted octanol–water partition coefficient (Wildman–Crippen LogP) is 0.751. The highest BCUT2D eigenvalue weighted by atomic mass is 19.1. The van der Waals surface area contributed by atoms with Crippen molar-refractivity contribution >= 4 is 5.97 Å². The molecule has 1 N–H and O–H groups in total. The van der Waals surface area contributed by atoms with Gasteiger partial charge in [-0.3, -0.25) is 4.79 Å². The number of nitrogens with zero attached hydrogens (tertiary/aromatic N) is 1. The SMILES string of the molecule is CN1CCC(CC(=O)O)C(F)C1. The van der Waals surface area contributed by atoms with Gasteiger partial charge in [-0.05, 0) is 20.0 Å². The molecule has 1 aliphatic rings. The summed E-state index contributed by atoms with van der Waals surface area (Å²) in [6.45, 7) is 1.18. The number of piperidine rings is 1. The van der Waals surface area contributed by atoms with E-state index in [0.29, 0.717) is 13.0 Å². The van der Waals surface area contributed by atoms with E-state index in [2.05, 4.69) is 0 Å². The maximum absolute atomic E-state index is 13.2. The van der Waals surface area contributed by atoms with Crippen molar-refractivity contribution in [2.45, 2.75) is 19.0 Å². The van der Waals surface area contributed by atoms with E-state index in [-0.39, 0.29) is 12.3 Å². The second-order valence-corrected chi connectivity index (χ2v) is 3.42. The van der Waals surface area contributed by atoms with E-state index in [4.69, 9.17) is 5.11 Å². The van der Waals surface area contributed by atoms with Crippen molar-refractivity contribution in [3.63, 3.8) is 0 Å². The molecular formula is C8H14FNO2. The summed E-state index contributed by atoms with van der Waals surface area (Å²) in [7, 11) is 1.85. The summed E-state index contributed by atoms with van der Waals surface area (Å²) in [5.74, 6) is -1.18. The molecule has 0 amide bonds. The summed E-state index contributed by atoms with van der Waals surface area (Å²) in [5.41, 5.74) is 0. The van der Waals surface area contributed by atoms with E-state index in [0.717, 1.165) is 6.54 Å². The molecule has 1 fully saturated rings. The minimum atomic E-state index is -0.972. The second kappa shape index (κ2) is 3.85. The average molecular weight is 175 g/mol. The first-order valence-electron chi connectivity index (χ1n) is 4.14. The van der Waals surface area contributed by atoms with E-state index < -0.39 is 12.1 Å². The Morgan fingerprint density at radius 3 is 2.92 bits per heavy atom. The first-order chi connectivity index (χ1) is 5.59. The standard InChI is InChI=1S/C8H14FNO2/c1-10-3-2-6(4-8(11)12)7(9)5-10/h6-7H,2-5H2,1H3,(H,11,12). The Bertz CT molecular complexity index is 174. The van der Waals surface area contributed by atoms with Crippen LogP contribution < -0.4 is 0 Å². The molecule has 12 heavy (non-hydrogen) atoms. The molecule has 4 heteroatoms. The lowest BCUT2D eigenvalue weighted by Gasteiger charge is -2.31. The average Bonchev–Trinajstić information content (AvgIpc) is 1.94. The van der Waals surface area contributed by atoms with Gasteiger partial charge in [0.25, 0.3) is 0 Å². The second-order valence-electron chi connectivity index (χ2n) is 3.42. The minimum absolute atomic E-state index is 0.0327. The highest BCUT2D eigenvalue weighted by molar-refractivity contribution is 5.67. The summed E-state index contributed by atoms with van der Waals surface area (Å²) < 4.78 is 13.2. The predicted molar refractivity (Wildman–Crippen MR) is 42.8 cm³/mol. The third-order valence-electron chi connectivity index (χ3n) is 2.32. The molecule has 1 saturated heterocycles. The molecule has 0 spiro atoms. The molecule has 70 valence electrons. The van der Waals surface area contributed by atoms with Gasteiger partial charge in [-0.1, -0.05) is 0 Å². The van der Waals surface area contributed by atoms with Crippen molar-refractivity contribution in [2.24, 2.45) is 5.92 Å². The molecule has 0 aromatic carbocycles. The number of hydrogen-bond donors (Lipinski definition) is 1. The molecule has 0 bridgehead atoms. The fraction of sp³-hybridized carbons (Fsp3) is 0.875. The van der Waals surface area contributed by atoms with E-state index >= 15 is 0 Å². The zero-order chi connectivity index (χ0) is 9.14. The largest absolute Gasteiger partial charge is 0.481 e. The third-order valence-corrected chi connectivity index (χ3v) is 2.32. The molecule has 0 saturated carbocycles. The third kappa shape index (κ3) is 2.44. The number of carboxylic acids is 1. The molecular weight excluding hydrogens is 161 g/mol. The maximum atomic E-state index is 13.2. The summed E-state index contributed by atoms with van der Waals surface area (Å²) in [6.07, 6.45) is -0.348. The first-order valence-corrected chi connectivity index (χ1v) is 4.14. The van der Waals surface area contributed by atoms with Crippen LogP contribution in [0.1, 0.15) is 12.8 Å². The Kier molecular flexibility index (Phi) is 3.03. The van der Waals surface area contributed by atoms with Crippen molar-refractivity contribution in [1.82, 2.24) is 4.90 Å². The zero-order valence-electron chi connectivity index (χ0n) is 7.16. The molecule has 3 nitrogen and oxygen atoms in total. The van der Waals surface area contributed by atoms with E-state index in [1.807, 2.05) is 11.9 Å². The van der Waals surface area contributed by atoms with Crippen molar-refractivity contribution in [2.75, 3.05) is 20.1 Å². The fourth-order valence-corrected chi connectivity index (χ4v) is 1.56. The molecule has 2 atom stereocenters. The number of likely N-dealkylation sites (tertiary alicyclic amines) is 1. The van der Waals surface area contributed by atoms with Gasteiger partial charge in [-0.15, -0.1) is 0 Å². The quantitative estimate of drug-likeness (QED) is 0.673. The lowest BCUT2D eigenvalue weighted by molar-refractivity contribution is -0.139. The van der Waals surface area contributed by atoms with Crippen molar-refractivity contribution in [1.29, 1.82) is 0 Å². The van der Waals surface area contributed by atoms with Gasteiger partial charge >= 0.3 is 5.97 Å². The van der Waals surface area contributed by atoms with Gasteiger partial charge in [0.05, 0.1) is 6.42 Å². The van der Waals surface area contributed by atoms with Gasteiger partial charge in [-0.2, -0.15) is 0 Å². The molecule has 2 unspecified atom stereocenters. The first kappa shape index (κ1) is 9.45. The van der Waals surface area contributed by atoms with Crippen LogP contribution in [0.4, 0.5) is 4.39 Å². The van der Waals surface area contributed by atoms with Crippen LogP contribution in [-0.2, 0) is 4.79 Å². The number of hydrogen-bond acceptors (Lipinski definition) is 2. The van der Waals surface area contributed by atoms with Crippen LogP contribution in [0.5, 0.6) is 0 Å². The van der Waals surface area contributed by atoms with Crippen molar-refractivity contribution in [3.05, 3.63) is 0 Å². The van der Waals surface area contributed by atoms with Gasteiger partial charge in [0.2, 0.25) is 0 Å². The van der Waals surface area contributed by atoms with E-state index in [1.54, 1.807) is 0 Å². The Morgan fingerprint density at radius 1 is 1.75 bits per heavy atom. The minimum Gasteiger partial charge on any atom is -0.481 e. The number of rotatable bonds is 2. The lowest BCUT2D eigenvalue weighted by atomic mass is 9.92. The number of carboxylic acid groups (broad SMARTS) is 1. The number of halogens is 1. The van der Waals surface area contributed by atoms with E-state index in [9.17, 15) is 9.18 Å².